The molecule has 10 heteroatoms. The van der Waals surface area contributed by atoms with E-state index in [2.05, 4.69) is 20.5 Å². The molecule has 3 heterocycles. The van der Waals surface area contributed by atoms with Crippen LogP contribution in [0.4, 0.5) is 16.6 Å². The molecule has 2 saturated carbocycles. The molecule has 0 spiro atoms. The van der Waals surface area contributed by atoms with Gasteiger partial charge in [-0.3, -0.25) is 0 Å². The predicted molar refractivity (Wildman–Crippen MR) is 139 cm³/mol. The van der Waals surface area contributed by atoms with E-state index in [9.17, 15) is 4.79 Å². The van der Waals surface area contributed by atoms with Crippen molar-refractivity contribution in [2.24, 2.45) is 5.73 Å². The molecule has 2 aromatic rings. The van der Waals surface area contributed by atoms with Gasteiger partial charge in [-0.05, 0) is 65.2 Å². The molecule has 1 aliphatic heterocycles. The zero-order valence-electron chi connectivity index (χ0n) is 21.2. The molecular formula is C25H41N9O. The molecule has 192 valence electrons. The van der Waals surface area contributed by atoms with E-state index in [1.807, 2.05) is 25.1 Å². The highest BCUT2D eigenvalue weighted by atomic mass is 16.2. The van der Waals surface area contributed by atoms with Gasteiger partial charge in [0.25, 0.3) is 0 Å². The molecule has 5 N–H and O–H groups in total. The molecule has 2 aromatic heterocycles. The maximum atomic E-state index is 12.4. The van der Waals surface area contributed by atoms with Crippen LogP contribution < -0.4 is 21.7 Å². The van der Waals surface area contributed by atoms with Crippen molar-refractivity contribution in [1.29, 1.82) is 0 Å². The summed E-state index contributed by atoms with van der Waals surface area (Å²) in [6.45, 7) is 5.44. The number of anilines is 2. The number of amides is 2. The number of aromatic nitrogens is 4. The molecule has 0 aromatic carbocycles. The van der Waals surface area contributed by atoms with E-state index >= 15 is 0 Å². The van der Waals surface area contributed by atoms with Crippen LogP contribution in [0.15, 0.2) is 6.33 Å². The average molecular weight is 484 g/mol. The summed E-state index contributed by atoms with van der Waals surface area (Å²) < 4.78 is 2.26. The van der Waals surface area contributed by atoms with Crippen LogP contribution >= 0.6 is 0 Å². The van der Waals surface area contributed by atoms with Gasteiger partial charge in [-0.1, -0.05) is 12.8 Å². The number of likely N-dealkylation sites (tertiary alicyclic amines) is 1. The Morgan fingerprint density at radius 2 is 1.66 bits per heavy atom. The van der Waals surface area contributed by atoms with Gasteiger partial charge in [0, 0.05) is 43.3 Å². The lowest BCUT2D eigenvalue weighted by atomic mass is 9.92. The summed E-state index contributed by atoms with van der Waals surface area (Å²) in [7, 11) is 0. The van der Waals surface area contributed by atoms with Gasteiger partial charge in [0.15, 0.2) is 17.0 Å². The zero-order valence-corrected chi connectivity index (χ0v) is 21.2. The fraction of sp³-hybridized carbons (Fsp3) is 0.760. The fourth-order valence-corrected chi connectivity index (χ4v) is 5.74. The van der Waals surface area contributed by atoms with E-state index in [0.29, 0.717) is 24.1 Å². The number of nitrogens with two attached hydrogens (primary N) is 1. The molecule has 0 atom stereocenters. The third-order valence-electron chi connectivity index (χ3n) is 7.78. The van der Waals surface area contributed by atoms with Crippen molar-refractivity contribution in [3.63, 3.8) is 0 Å². The lowest BCUT2D eigenvalue weighted by molar-refractivity contribution is 0.181. The molecule has 0 radical (unpaired) electrons. The molecule has 2 amide bonds. The summed E-state index contributed by atoms with van der Waals surface area (Å²) in [5.41, 5.74) is 7.87. The summed E-state index contributed by atoms with van der Waals surface area (Å²) in [5, 5.41) is 10.3. The van der Waals surface area contributed by atoms with Gasteiger partial charge in [0.1, 0.15) is 0 Å². The highest BCUT2D eigenvalue weighted by Gasteiger charge is 2.27. The Hall–Kier alpha value is -2.62. The number of hydrogen-bond donors (Lipinski definition) is 4. The van der Waals surface area contributed by atoms with Crippen LogP contribution in [0.3, 0.4) is 0 Å². The highest BCUT2D eigenvalue weighted by Crippen LogP contribution is 2.33. The quantitative estimate of drug-likeness (QED) is 0.494. The molecule has 1 saturated heterocycles. The van der Waals surface area contributed by atoms with E-state index in [0.717, 1.165) is 68.6 Å². The van der Waals surface area contributed by atoms with Crippen molar-refractivity contribution in [1.82, 2.24) is 29.7 Å². The summed E-state index contributed by atoms with van der Waals surface area (Å²) in [6.07, 6.45) is 12.7. The molecule has 3 fully saturated rings. The van der Waals surface area contributed by atoms with Gasteiger partial charge >= 0.3 is 6.03 Å². The third-order valence-corrected chi connectivity index (χ3v) is 7.78. The number of imidazole rings is 1. The number of rotatable bonds is 6. The van der Waals surface area contributed by atoms with Gasteiger partial charge in [-0.15, -0.1) is 0 Å². The first-order chi connectivity index (χ1) is 17.0. The van der Waals surface area contributed by atoms with E-state index in [1.165, 1.54) is 25.7 Å². The molecular weight excluding hydrogens is 442 g/mol. The minimum atomic E-state index is 0.0249. The van der Waals surface area contributed by atoms with E-state index in [4.69, 9.17) is 20.7 Å². The van der Waals surface area contributed by atoms with E-state index in [-0.39, 0.29) is 18.1 Å². The Labute approximate surface area is 207 Å². The number of fused-ring (bicyclic) bond motifs is 1. The lowest BCUT2D eigenvalue weighted by Gasteiger charge is -2.33. The van der Waals surface area contributed by atoms with Gasteiger partial charge in [-0.25, -0.2) is 9.78 Å². The van der Waals surface area contributed by atoms with Crippen LogP contribution in [0.25, 0.3) is 11.2 Å². The van der Waals surface area contributed by atoms with Crippen molar-refractivity contribution in [2.45, 2.75) is 108 Å². The van der Waals surface area contributed by atoms with Crippen molar-refractivity contribution in [2.75, 3.05) is 23.7 Å². The van der Waals surface area contributed by atoms with Gasteiger partial charge in [0.2, 0.25) is 5.95 Å². The number of urea groups is 1. The molecule has 35 heavy (non-hydrogen) atoms. The van der Waals surface area contributed by atoms with Gasteiger partial charge in [-0.2, -0.15) is 9.97 Å². The first-order valence-electron chi connectivity index (χ1n) is 13.5. The Bertz CT molecular complexity index is 1000. The second-order valence-corrected chi connectivity index (χ2v) is 10.9. The SMILES string of the molecule is CC(C)NC(=O)N1CCC(Nc2nc(NC3CCC(N)CC3)nc3c2ncn3C2CCCC2)CC1. The number of nitrogens with zero attached hydrogens (tertiary/aromatic N) is 5. The van der Waals surface area contributed by atoms with Crippen molar-refractivity contribution in [3.8, 4) is 0 Å². The number of carbonyl (C=O) groups is 1. The Morgan fingerprint density at radius 3 is 2.34 bits per heavy atom. The average Bonchev–Trinajstić information content (AvgIpc) is 3.51. The van der Waals surface area contributed by atoms with Crippen LogP contribution in [-0.4, -0.2) is 67.7 Å². The normalized spacial score (nSPS) is 24.3. The molecule has 5 rings (SSSR count). The third kappa shape index (κ3) is 5.63. The second kappa shape index (κ2) is 10.6. The Balaban J connectivity index is 1.34. The summed E-state index contributed by atoms with van der Waals surface area (Å²) in [6, 6.07) is 1.54. The maximum absolute atomic E-state index is 12.4. The van der Waals surface area contributed by atoms with Crippen molar-refractivity contribution >= 4 is 29.0 Å². The Kier molecular flexibility index (Phi) is 7.27. The van der Waals surface area contributed by atoms with Crippen molar-refractivity contribution < 1.29 is 4.79 Å². The smallest absolute Gasteiger partial charge is 0.317 e. The first-order valence-corrected chi connectivity index (χ1v) is 13.5. The largest absolute Gasteiger partial charge is 0.365 e. The first kappa shape index (κ1) is 24.1. The zero-order chi connectivity index (χ0) is 24.4. The standard InChI is InChI=1S/C25H41N9O/c1-16(2)28-25(35)33-13-11-19(12-14-33)29-22-21-23(34(15-27-21)20-5-3-4-6-20)32-24(31-22)30-18-9-7-17(26)8-10-18/h15-20H,3-14,26H2,1-2H3,(H,28,35)(H2,29,30,31,32). The molecule has 10 nitrogen and oxygen atoms in total. The van der Waals surface area contributed by atoms with Gasteiger partial charge in [0.05, 0.1) is 6.33 Å². The molecule has 0 unspecified atom stereocenters. The van der Waals surface area contributed by atoms with Crippen molar-refractivity contribution in [3.05, 3.63) is 6.33 Å². The summed E-state index contributed by atoms with van der Waals surface area (Å²) >= 11 is 0. The Morgan fingerprint density at radius 1 is 0.971 bits per heavy atom. The van der Waals surface area contributed by atoms with Crippen LogP contribution in [0.1, 0.15) is 84.1 Å². The van der Waals surface area contributed by atoms with Crippen LogP contribution in [0.2, 0.25) is 0 Å². The summed E-state index contributed by atoms with van der Waals surface area (Å²) in [5.74, 6) is 1.47. The predicted octanol–water partition coefficient (Wildman–Crippen LogP) is 3.62. The van der Waals surface area contributed by atoms with Gasteiger partial charge < -0.3 is 31.2 Å². The highest BCUT2D eigenvalue weighted by molar-refractivity contribution is 5.84. The number of nitrogens with one attached hydrogen (secondary N) is 3. The lowest BCUT2D eigenvalue weighted by Crippen LogP contribution is -2.48. The van der Waals surface area contributed by atoms with E-state index in [1.54, 1.807) is 0 Å². The van der Waals surface area contributed by atoms with Crippen LogP contribution in [-0.2, 0) is 0 Å². The number of piperidine rings is 1. The second-order valence-electron chi connectivity index (χ2n) is 10.9. The van der Waals surface area contributed by atoms with E-state index < -0.39 is 0 Å². The topological polar surface area (TPSA) is 126 Å². The van der Waals surface area contributed by atoms with Crippen LogP contribution in [0.5, 0.6) is 0 Å². The minimum Gasteiger partial charge on any atom is -0.365 e. The monoisotopic (exact) mass is 483 g/mol. The number of hydrogen-bond acceptors (Lipinski definition) is 7. The molecule has 2 aliphatic carbocycles. The minimum absolute atomic E-state index is 0.0249. The molecule has 3 aliphatic rings. The fourth-order valence-electron chi connectivity index (χ4n) is 5.74. The number of carbonyl (C=O) groups excluding carboxylic acids is 1. The molecule has 0 bridgehead atoms. The van der Waals surface area contributed by atoms with Crippen LogP contribution in [0, 0.1) is 0 Å². The maximum Gasteiger partial charge on any atom is 0.317 e. The summed E-state index contributed by atoms with van der Waals surface area (Å²) in [4.78, 5) is 28.9.